The zero-order valence-electron chi connectivity index (χ0n) is 10.7. The summed E-state index contributed by atoms with van der Waals surface area (Å²) in [6, 6.07) is 6.15. The van der Waals surface area contributed by atoms with E-state index in [9.17, 15) is 0 Å². The molecule has 0 amide bonds. The van der Waals surface area contributed by atoms with E-state index in [0.29, 0.717) is 5.41 Å². The Hall–Kier alpha value is -0.830. The Balaban J connectivity index is 2.05. The van der Waals surface area contributed by atoms with E-state index in [4.69, 9.17) is 0 Å². The van der Waals surface area contributed by atoms with Crippen LogP contribution in [0.2, 0.25) is 0 Å². The molecule has 1 aromatic heterocycles. The lowest BCUT2D eigenvalue weighted by molar-refractivity contribution is 0.364. The summed E-state index contributed by atoms with van der Waals surface area (Å²) in [7, 11) is 0. The number of hydrogen-bond donors (Lipinski definition) is 1. The van der Waals surface area contributed by atoms with Crippen LogP contribution >= 0.6 is 15.9 Å². The van der Waals surface area contributed by atoms with Gasteiger partial charge in [-0.15, -0.1) is 0 Å². The van der Waals surface area contributed by atoms with Crippen LogP contribution in [-0.4, -0.2) is 9.97 Å². The highest BCUT2D eigenvalue weighted by Gasteiger charge is 2.10. The normalized spacial score (nSPS) is 12.2. The Morgan fingerprint density at radius 2 is 2.06 bits per heavy atom. The van der Waals surface area contributed by atoms with Crippen molar-refractivity contribution in [2.24, 2.45) is 5.41 Å². The minimum Gasteiger partial charge on any atom is -0.342 e. The van der Waals surface area contributed by atoms with Gasteiger partial charge in [0.2, 0.25) is 0 Å². The van der Waals surface area contributed by atoms with Gasteiger partial charge in [0.1, 0.15) is 5.82 Å². The number of rotatable bonds is 3. The van der Waals surface area contributed by atoms with Crippen LogP contribution in [0.25, 0.3) is 11.0 Å². The van der Waals surface area contributed by atoms with Gasteiger partial charge >= 0.3 is 0 Å². The maximum absolute atomic E-state index is 4.60. The molecule has 0 atom stereocenters. The zero-order valence-corrected chi connectivity index (χ0v) is 12.3. The minimum absolute atomic E-state index is 0.412. The molecule has 3 heteroatoms. The fraction of sp³-hybridized carbons (Fsp3) is 0.500. The molecule has 0 radical (unpaired) electrons. The second kappa shape index (κ2) is 4.81. The first-order valence-corrected chi connectivity index (χ1v) is 6.87. The first-order chi connectivity index (χ1) is 7.94. The van der Waals surface area contributed by atoms with Gasteiger partial charge in [-0.2, -0.15) is 0 Å². The van der Waals surface area contributed by atoms with Crippen LogP contribution in [-0.2, 0) is 6.42 Å². The van der Waals surface area contributed by atoms with Crippen molar-refractivity contribution in [2.45, 2.75) is 40.0 Å². The number of hydrogen-bond acceptors (Lipinski definition) is 1. The van der Waals surface area contributed by atoms with E-state index >= 15 is 0 Å². The number of nitrogens with one attached hydrogen (secondary N) is 1. The van der Waals surface area contributed by atoms with E-state index in [1.54, 1.807) is 0 Å². The summed E-state index contributed by atoms with van der Waals surface area (Å²) in [5.41, 5.74) is 2.58. The molecule has 1 aromatic carbocycles. The molecule has 0 unspecified atom stereocenters. The second-order valence-electron chi connectivity index (χ2n) is 5.76. The molecular formula is C14H19BrN2. The van der Waals surface area contributed by atoms with Crippen molar-refractivity contribution < 1.29 is 0 Å². The van der Waals surface area contributed by atoms with Crippen LogP contribution in [0.3, 0.4) is 0 Å². The number of imidazole rings is 1. The molecule has 0 fully saturated rings. The third-order valence-corrected chi connectivity index (χ3v) is 3.33. The quantitative estimate of drug-likeness (QED) is 0.874. The van der Waals surface area contributed by atoms with Gasteiger partial charge in [-0.25, -0.2) is 4.98 Å². The molecule has 1 heterocycles. The van der Waals surface area contributed by atoms with Crippen molar-refractivity contribution in [1.82, 2.24) is 9.97 Å². The van der Waals surface area contributed by atoms with Gasteiger partial charge in [-0.3, -0.25) is 0 Å². The molecular weight excluding hydrogens is 276 g/mol. The minimum atomic E-state index is 0.412. The maximum Gasteiger partial charge on any atom is 0.107 e. The molecule has 0 aliphatic heterocycles. The van der Waals surface area contributed by atoms with Crippen molar-refractivity contribution in [3.8, 4) is 0 Å². The highest BCUT2D eigenvalue weighted by Crippen LogP contribution is 2.22. The molecule has 0 aliphatic rings. The SMILES string of the molecule is CC(C)(C)CCCc1nc2ccc(Br)cc2[nH]1. The molecule has 2 nitrogen and oxygen atoms in total. The van der Waals surface area contributed by atoms with Gasteiger partial charge in [0.05, 0.1) is 11.0 Å². The average molecular weight is 295 g/mol. The van der Waals surface area contributed by atoms with Gasteiger partial charge in [0, 0.05) is 10.9 Å². The largest absolute Gasteiger partial charge is 0.342 e. The number of nitrogens with zero attached hydrogens (tertiary/aromatic N) is 1. The Morgan fingerprint density at radius 3 is 2.76 bits per heavy atom. The Bertz CT molecular complexity index is 508. The monoisotopic (exact) mass is 294 g/mol. The molecule has 0 aliphatic carbocycles. The molecule has 2 rings (SSSR count). The van der Waals surface area contributed by atoms with E-state index in [1.165, 1.54) is 12.8 Å². The number of halogens is 1. The number of benzene rings is 1. The van der Waals surface area contributed by atoms with Crippen LogP contribution in [0.15, 0.2) is 22.7 Å². The fourth-order valence-corrected chi connectivity index (χ4v) is 2.30. The highest BCUT2D eigenvalue weighted by molar-refractivity contribution is 9.10. The smallest absolute Gasteiger partial charge is 0.107 e. The first kappa shape index (κ1) is 12.6. The van der Waals surface area contributed by atoms with E-state index < -0.39 is 0 Å². The molecule has 17 heavy (non-hydrogen) atoms. The zero-order chi connectivity index (χ0) is 12.5. The van der Waals surface area contributed by atoms with Gasteiger partial charge < -0.3 is 4.98 Å². The summed E-state index contributed by atoms with van der Waals surface area (Å²) in [5.74, 6) is 1.10. The summed E-state index contributed by atoms with van der Waals surface area (Å²) in [5, 5.41) is 0. The summed E-state index contributed by atoms with van der Waals surface area (Å²) < 4.78 is 1.09. The Morgan fingerprint density at radius 1 is 1.29 bits per heavy atom. The standard InChI is InChI=1S/C14H19BrN2/c1-14(2,3)8-4-5-13-16-11-7-6-10(15)9-12(11)17-13/h6-7,9H,4-5,8H2,1-3H3,(H,16,17). The molecule has 0 saturated carbocycles. The summed E-state index contributed by atoms with van der Waals surface area (Å²) in [6.07, 6.45) is 3.45. The summed E-state index contributed by atoms with van der Waals surface area (Å²) in [6.45, 7) is 6.84. The Kier molecular flexibility index (Phi) is 3.57. The van der Waals surface area contributed by atoms with Crippen LogP contribution in [0.5, 0.6) is 0 Å². The fourth-order valence-electron chi connectivity index (χ4n) is 1.94. The number of aryl methyl sites for hydroxylation is 1. The van der Waals surface area contributed by atoms with Crippen LogP contribution in [0.4, 0.5) is 0 Å². The Labute approximate surface area is 111 Å². The van der Waals surface area contributed by atoms with E-state index in [0.717, 1.165) is 27.8 Å². The number of aromatic amines is 1. The van der Waals surface area contributed by atoms with E-state index in [2.05, 4.69) is 52.7 Å². The topological polar surface area (TPSA) is 28.7 Å². The molecule has 2 aromatic rings. The van der Waals surface area contributed by atoms with Crippen molar-refractivity contribution in [2.75, 3.05) is 0 Å². The number of fused-ring (bicyclic) bond motifs is 1. The average Bonchev–Trinajstić information content (AvgIpc) is 2.57. The van der Waals surface area contributed by atoms with Crippen LogP contribution in [0, 0.1) is 5.41 Å². The molecule has 0 spiro atoms. The molecule has 1 N–H and O–H groups in total. The maximum atomic E-state index is 4.60. The molecule has 0 bridgehead atoms. The highest BCUT2D eigenvalue weighted by atomic mass is 79.9. The van der Waals surface area contributed by atoms with E-state index in [-0.39, 0.29) is 0 Å². The van der Waals surface area contributed by atoms with Gasteiger partial charge in [0.25, 0.3) is 0 Å². The second-order valence-corrected chi connectivity index (χ2v) is 6.67. The lowest BCUT2D eigenvalue weighted by atomic mass is 9.90. The van der Waals surface area contributed by atoms with Crippen molar-refractivity contribution in [3.05, 3.63) is 28.5 Å². The van der Waals surface area contributed by atoms with Crippen molar-refractivity contribution >= 4 is 27.0 Å². The predicted molar refractivity (Wildman–Crippen MR) is 76.2 cm³/mol. The number of H-pyrrole nitrogens is 1. The van der Waals surface area contributed by atoms with Gasteiger partial charge in [-0.1, -0.05) is 36.7 Å². The van der Waals surface area contributed by atoms with Crippen molar-refractivity contribution in [1.29, 1.82) is 0 Å². The van der Waals surface area contributed by atoms with Crippen LogP contribution < -0.4 is 0 Å². The summed E-state index contributed by atoms with van der Waals surface area (Å²) in [4.78, 5) is 7.98. The lowest BCUT2D eigenvalue weighted by Gasteiger charge is -2.16. The molecule has 0 saturated heterocycles. The van der Waals surface area contributed by atoms with E-state index in [1.807, 2.05) is 12.1 Å². The summed E-state index contributed by atoms with van der Waals surface area (Å²) >= 11 is 3.47. The van der Waals surface area contributed by atoms with Gasteiger partial charge in [-0.05, 0) is 36.5 Å². The third-order valence-electron chi connectivity index (χ3n) is 2.83. The lowest BCUT2D eigenvalue weighted by Crippen LogP contribution is -2.05. The van der Waals surface area contributed by atoms with Crippen LogP contribution in [0.1, 0.15) is 39.4 Å². The first-order valence-electron chi connectivity index (χ1n) is 6.08. The van der Waals surface area contributed by atoms with Crippen molar-refractivity contribution in [3.63, 3.8) is 0 Å². The number of aromatic nitrogens is 2. The molecule has 92 valence electrons. The third kappa shape index (κ3) is 3.56. The van der Waals surface area contributed by atoms with Gasteiger partial charge in [0.15, 0.2) is 0 Å². The predicted octanol–water partition coefficient (Wildman–Crippen LogP) is 4.69.